The van der Waals surface area contributed by atoms with Crippen molar-refractivity contribution in [2.75, 3.05) is 26.2 Å². The van der Waals surface area contributed by atoms with Crippen molar-refractivity contribution in [2.24, 2.45) is 11.8 Å². The maximum Gasteiger partial charge on any atom is 0.0449 e. The molecule has 21 heavy (non-hydrogen) atoms. The molecule has 0 bridgehead atoms. The van der Waals surface area contributed by atoms with E-state index in [4.69, 9.17) is 0 Å². The van der Waals surface area contributed by atoms with E-state index in [2.05, 4.69) is 62.2 Å². The first-order valence-corrected chi connectivity index (χ1v) is 8.68. The van der Waals surface area contributed by atoms with E-state index >= 15 is 0 Å². The summed E-state index contributed by atoms with van der Waals surface area (Å²) in [7, 11) is 0. The molecule has 1 saturated heterocycles. The van der Waals surface area contributed by atoms with E-state index in [1.165, 1.54) is 30.6 Å². The SMILES string of the molecule is CCNC(CN1CCC(C)C(C)C1)c1ccc(CC)cc1. The molecule has 2 nitrogen and oxygen atoms in total. The molecule has 1 aliphatic heterocycles. The van der Waals surface area contributed by atoms with Crippen molar-refractivity contribution in [3.05, 3.63) is 35.4 Å². The number of nitrogens with zero attached hydrogens (tertiary/aromatic N) is 1. The monoisotopic (exact) mass is 288 g/mol. The minimum atomic E-state index is 0.460. The van der Waals surface area contributed by atoms with Crippen LogP contribution in [0.25, 0.3) is 0 Å². The molecule has 3 unspecified atom stereocenters. The first-order valence-electron chi connectivity index (χ1n) is 8.68. The van der Waals surface area contributed by atoms with Crippen molar-refractivity contribution in [1.82, 2.24) is 10.2 Å². The summed E-state index contributed by atoms with van der Waals surface area (Å²) >= 11 is 0. The summed E-state index contributed by atoms with van der Waals surface area (Å²) in [6.07, 6.45) is 2.46. The highest BCUT2D eigenvalue weighted by molar-refractivity contribution is 5.25. The number of benzene rings is 1. The van der Waals surface area contributed by atoms with Gasteiger partial charge >= 0.3 is 0 Å². The van der Waals surface area contributed by atoms with E-state index < -0.39 is 0 Å². The molecule has 0 saturated carbocycles. The van der Waals surface area contributed by atoms with E-state index in [1.54, 1.807) is 0 Å². The van der Waals surface area contributed by atoms with Gasteiger partial charge in [0.15, 0.2) is 0 Å². The van der Waals surface area contributed by atoms with Crippen LogP contribution < -0.4 is 5.32 Å². The molecule has 3 atom stereocenters. The van der Waals surface area contributed by atoms with E-state index in [9.17, 15) is 0 Å². The Morgan fingerprint density at radius 3 is 2.43 bits per heavy atom. The number of rotatable bonds is 6. The maximum atomic E-state index is 3.67. The number of hydrogen-bond acceptors (Lipinski definition) is 2. The molecule has 1 heterocycles. The second-order valence-electron chi connectivity index (χ2n) is 6.71. The first kappa shape index (κ1) is 16.5. The molecular formula is C19H32N2. The third kappa shape index (κ3) is 4.55. The highest BCUT2D eigenvalue weighted by atomic mass is 15.2. The molecule has 118 valence electrons. The number of aryl methyl sites for hydroxylation is 1. The van der Waals surface area contributed by atoms with Gasteiger partial charge in [0, 0.05) is 19.1 Å². The van der Waals surface area contributed by atoms with Gasteiger partial charge in [-0.05, 0) is 48.9 Å². The Hall–Kier alpha value is -0.860. The largest absolute Gasteiger partial charge is 0.309 e. The molecule has 0 amide bonds. The van der Waals surface area contributed by atoms with Gasteiger partial charge in [0.25, 0.3) is 0 Å². The molecule has 2 heteroatoms. The summed E-state index contributed by atoms with van der Waals surface area (Å²) in [5.41, 5.74) is 2.86. The fourth-order valence-corrected chi connectivity index (χ4v) is 3.29. The molecule has 1 aliphatic rings. The predicted molar refractivity (Wildman–Crippen MR) is 91.6 cm³/mol. The van der Waals surface area contributed by atoms with Crippen LogP contribution in [0.15, 0.2) is 24.3 Å². The summed E-state index contributed by atoms with van der Waals surface area (Å²) in [6.45, 7) is 13.9. The van der Waals surface area contributed by atoms with Crippen molar-refractivity contribution in [3.63, 3.8) is 0 Å². The number of nitrogens with one attached hydrogen (secondary N) is 1. The van der Waals surface area contributed by atoms with Crippen LogP contribution in [0.5, 0.6) is 0 Å². The highest BCUT2D eigenvalue weighted by Gasteiger charge is 2.24. The van der Waals surface area contributed by atoms with Gasteiger partial charge in [-0.25, -0.2) is 0 Å². The topological polar surface area (TPSA) is 15.3 Å². The molecule has 2 rings (SSSR count). The van der Waals surface area contributed by atoms with E-state index in [-0.39, 0.29) is 0 Å². The van der Waals surface area contributed by atoms with Crippen molar-refractivity contribution in [3.8, 4) is 0 Å². The van der Waals surface area contributed by atoms with Crippen LogP contribution in [0, 0.1) is 11.8 Å². The average molecular weight is 288 g/mol. The van der Waals surface area contributed by atoms with Crippen LogP contribution >= 0.6 is 0 Å². The van der Waals surface area contributed by atoms with Gasteiger partial charge in [-0.1, -0.05) is 52.0 Å². The molecule has 0 aliphatic carbocycles. The summed E-state index contributed by atoms with van der Waals surface area (Å²) in [6, 6.07) is 9.63. The molecule has 1 aromatic rings. The number of likely N-dealkylation sites (tertiary alicyclic amines) is 1. The Bertz CT molecular complexity index is 412. The first-order chi connectivity index (χ1) is 10.1. The quantitative estimate of drug-likeness (QED) is 0.854. The van der Waals surface area contributed by atoms with Gasteiger partial charge in [0.2, 0.25) is 0 Å². The van der Waals surface area contributed by atoms with Crippen molar-refractivity contribution < 1.29 is 0 Å². The molecule has 1 fully saturated rings. The molecular weight excluding hydrogens is 256 g/mol. The molecule has 0 spiro atoms. The number of likely N-dealkylation sites (N-methyl/N-ethyl adjacent to an activating group) is 1. The van der Waals surface area contributed by atoms with Gasteiger partial charge in [-0.3, -0.25) is 0 Å². The Balaban J connectivity index is 2.01. The Morgan fingerprint density at radius 2 is 1.86 bits per heavy atom. The second kappa shape index (κ2) is 7.95. The molecule has 0 aromatic heterocycles. The highest BCUT2D eigenvalue weighted by Crippen LogP contribution is 2.24. The summed E-state index contributed by atoms with van der Waals surface area (Å²) in [4.78, 5) is 2.64. The smallest absolute Gasteiger partial charge is 0.0449 e. The van der Waals surface area contributed by atoms with Gasteiger partial charge in [0.1, 0.15) is 0 Å². The van der Waals surface area contributed by atoms with E-state index in [0.29, 0.717) is 6.04 Å². The molecule has 0 radical (unpaired) electrons. The lowest BCUT2D eigenvalue weighted by molar-refractivity contribution is 0.127. The van der Waals surface area contributed by atoms with Crippen LogP contribution in [0.3, 0.4) is 0 Å². The minimum absolute atomic E-state index is 0.460. The van der Waals surface area contributed by atoms with Crippen LogP contribution in [0.4, 0.5) is 0 Å². The van der Waals surface area contributed by atoms with Gasteiger partial charge in [-0.15, -0.1) is 0 Å². The lowest BCUT2D eigenvalue weighted by Gasteiger charge is -2.37. The second-order valence-corrected chi connectivity index (χ2v) is 6.71. The van der Waals surface area contributed by atoms with Crippen LogP contribution in [0.1, 0.15) is 51.3 Å². The lowest BCUT2D eigenvalue weighted by atomic mass is 9.88. The Morgan fingerprint density at radius 1 is 1.14 bits per heavy atom. The minimum Gasteiger partial charge on any atom is -0.309 e. The number of piperidine rings is 1. The third-order valence-electron chi connectivity index (χ3n) is 5.10. The van der Waals surface area contributed by atoms with Crippen LogP contribution in [0.2, 0.25) is 0 Å². The average Bonchev–Trinajstić information content (AvgIpc) is 2.50. The van der Waals surface area contributed by atoms with Crippen LogP contribution in [-0.2, 0) is 6.42 Å². The van der Waals surface area contributed by atoms with Crippen molar-refractivity contribution in [1.29, 1.82) is 0 Å². The van der Waals surface area contributed by atoms with Crippen molar-refractivity contribution >= 4 is 0 Å². The standard InChI is InChI=1S/C19H32N2/c1-5-17-7-9-18(10-8-17)19(20-6-2)14-21-12-11-15(3)16(4)13-21/h7-10,15-16,19-20H,5-6,11-14H2,1-4H3. The number of hydrogen-bond donors (Lipinski definition) is 1. The molecule has 1 aromatic carbocycles. The zero-order valence-electron chi connectivity index (χ0n) is 14.2. The fraction of sp³-hybridized carbons (Fsp3) is 0.684. The van der Waals surface area contributed by atoms with Gasteiger partial charge in [-0.2, -0.15) is 0 Å². The Labute approximate surface area is 130 Å². The summed E-state index contributed by atoms with van der Waals surface area (Å²) < 4.78 is 0. The van der Waals surface area contributed by atoms with Gasteiger partial charge in [0.05, 0.1) is 0 Å². The van der Waals surface area contributed by atoms with E-state index in [0.717, 1.165) is 31.3 Å². The fourth-order valence-electron chi connectivity index (χ4n) is 3.29. The predicted octanol–water partition coefficient (Wildman–Crippen LogP) is 3.88. The summed E-state index contributed by atoms with van der Waals surface area (Å²) in [5.74, 6) is 1.70. The van der Waals surface area contributed by atoms with Crippen molar-refractivity contribution in [2.45, 2.75) is 46.6 Å². The van der Waals surface area contributed by atoms with Gasteiger partial charge < -0.3 is 10.2 Å². The Kier molecular flexibility index (Phi) is 6.25. The zero-order valence-corrected chi connectivity index (χ0v) is 14.2. The lowest BCUT2D eigenvalue weighted by Crippen LogP contribution is -2.43. The zero-order chi connectivity index (χ0) is 15.2. The normalized spacial score (nSPS) is 25.0. The van der Waals surface area contributed by atoms with E-state index in [1.807, 2.05) is 0 Å². The van der Waals surface area contributed by atoms with Crippen LogP contribution in [-0.4, -0.2) is 31.1 Å². The maximum absolute atomic E-state index is 3.67. The summed E-state index contributed by atoms with van der Waals surface area (Å²) in [5, 5.41) is 3.67. The molecule has 1 N–H and O–H groups in total. The third-order valence-corrected chi connectivity index (χ3v) is 5.10.